The molecule has 29 heavy (non-hydrogen) atoms. The second-order valence-electron chi connectivity index (χ2n) is 6.15. The summed E-state index contributed by atoms with van der Waals surface area (Å²) < 4.78 is 13.1. The van der Waals surface area contributed by atoms with Gasteiger partial charge in [-0.25, -0.2) is 0 Å². The van der Waals surface area contributed by atoms with Gasteiger partial charge in [-0.1, -0.05) is 41.4 Å². The molecule has 2 aromatic carbocycles. The van der Waals surface area contributed by atoms with Crippen molar-refractivity contribution in [2.75, 3.05) is 7.11 Å². The van der Waals surface area contributed by atoms with E-state index in [0.29, 0.717) is 33.8 Å². The first-order chi connectivity index (χ1) is 14.0. The SMILES string of the molecule is CCn1nccc1C(=O)/C=C/c1cccc(OC)c1OCc1ccc(Cl)c(Cl)c1. The average Bonchev–Trinajstić information content (AvgIpc) is 3.22. The maximum atomic E-state index is 12.5. The molecule has 150 valence electrons. The summed E-state index contributed by atoms with van der Waals surface area (Å²) in [6, 6.07) is 12.5. The topological polar surface area (TPSA) is 53.4 Å². The standard InChI is InChI=1S/C22H20Cl2N2O3/c1-3-26-19(11-12-25-26)20(27)10-8-16-5-4-6-21(28-2)22(16)29-14-15-7-9-17(23)18(24)13-15/h4-13H,3,14H2,1-2H3/b10-8+. The van der Waals surface area contributed by atoms with Crippen LogP contribution in [0.25, 0.3) is 6.08 Å². The van der Waals surface area contributed by atoms with Crippen LogP contribution in [0.5, 0.6) is 11.5 Å². The molecule has 3 rings (SSSR count). The first kappa shape index (κ1) is 21.0. The second kappa shape index (κ2) is 9.63. The van der Waals surface area contributed by atoms with Gasteiger partial charge in [0.05, 0.1) is 17.2 Å². The third kappa shape index (κ3) is 5.00. The summed E-state index contributed by atoms with van der Waals surface area (Å²) >= 11 is 12.0. The number of rotatable bonds is 8. The Kier molecular flexibility index (Phi) is 6.96. The maximum absolute atomic E-state index is 12.5. The molecule has 0 atom stereocenters. The van der Waals surface area contributed by atoms with E-state index in [0.717, 1.165) is 11.1 Å². The molecule has 0 saturated carbocycles. The highest BCUT2D eigenvalue weighted by atomic mass is 35.5. The summed E-state index contributed by atoms with van der Waals surface area (Å²) in [5.41, 5.74) is 2.12. The summed E-state index contributed by atoms with van der Waals surface area (Å²) in [7, 11) is 1.57. The molecule has 7 heteroatoms. The van der Waals surface area contributed by atoms with Gasteiger partial charge in [0.15, 0.2) is 11.5 Å². The van der Waals surface area contributed by atoms with Crippen LogP contribution < -0.4 is 9.47 Å². The number of methoxy groups -OCH3 is 1. The molecule has 0 fully saturated rings. The monoisotopic (exact) mass is 430 g/mol. The number of nitrogens with zero attached hydrogens (tertiary/aromatic N) is 2. The summed E-state index contributed by atoms with van der Waals surface area (Å²) in [5, 5.41) is 5.08. The summed E-state index contributed by atoms with van der Waals surface area (Å²) in [4.78, 5) is 12.5. The van der Waals surface area contributed by atoms with E-state index in [1.165, 1.54) is 6.08 Å². The number of carbonyl (C=O) groups excluding carboxylic acids is 1. The van der Waals surface area contributed by atoms with E-state index in [1.54, 1.807) is 48.3 Å². The minimum atomic E-state index is -0.136. The predicted octanol–water partition coefficient (Wildman–Crippen LogP) is 5.69. The summed E-state index contributed by atoms with van der Waals surface area (Å²) in [6.07, 6.45) is 4.83. The Morgan fingerprint density at radius 1 is 1.17 bits per heavy atom. The van der Waals surface area contributed by atoms with E-state index in [9.17, 15) is 4.79 Å². The van der Waals surface area contributed by atoms with Gasteiger partial charge in [0.1, 0.15) is 12.3 Å². The van der Waals surface area contributed by atoms with Crippen LogP contribution in [0, 0.1) is 0 Å². The van der Waals surface area contributed by atoms with Crippen LogP contribution in [0.1, 0.15) is 28.5 Å². The fraction of sp³-hybridized carbons (Fsp3) is 0.182. The molecule has 0 N–H and O–H groups in total. The van der Waals surface area contributed by atoms with E-state index in [1.807, 2.05) is 25.1 Å². The molecule has 0 amide bonds. The van der Waals surface area contributed by atoms with E-state index in [2.05, 4.69) is 5.10 Å². The lowest BCUT2D eigenvalue weighted by Crippen LogP contribution is -2.07. The predicted molar refractivity (Wildman–Crippen MR) is 115 cm³/mol. The van der Waals surface area contributed by atoms with Crippen LogP contribution in [0.2, 0.25) is 10.0 Å². The number of carbonyl (C=O) groups is 1. The van der Waals surface area contributed by atoms with Gasteiger partial charge in [-0.3, -0.25) is 9.48 Å². The van der Waals surface area contributed by atoms with Crippen molar-refractivity contribution in [2.24, 2.45) is 0 Å². The first-order valence-corrected chi connectivity index (χ1v) is 9.77. The zero-order chi connectivity index (χ0) is 20.8. The van der Waals surface area contributed by atoms with Gasteiger partial charge >= 0.3 is 0 Å². The zero-order valence-electron chi connectivity index (χ0n) is 16.1. The van der Waals surface area contributed by atoms with Gasteiger partial charge < -0.3 is 9.47 Å². The minimum absolute atomic E-state index is 0.136. The number of halogens is 2. The van der Waals surface area contributed by atoms with Crippen molar-refractivity contribution in [1.82, 2.24) is 9.78 Å². The van der Waals surface area contributed by atoms with Crippen LogP contribution in [0.3, 0.4) is 0 Å². The minimum Gasteiger partial charge on any atom is -0.493 e. The molecule has 0 aliphatic heterocycles. The van der Waals surface area contributed by atoms with Gasteiger partial charge in [0.2, 0.25) is 5.78 Å². The van der Waals surface area contributed by atoms with Crippen molar-refractivity contribution < 1.29 is 14.3 Å². The lowest BCUT2D eigenvalue weighted by atomic mass is 10.1. The quantitative estimate of drug-likeness (QED) is 0.340. The molecule has 1 heterocycles. The Balaban J connectivity index is 1.83. The first-order valence-electron chi connectivity index (χ1n) is 9.01. The van der Waals surface area contributed by atoms with Gasteiger partial charge in [-0.15, -0.1) is 0 Å². The van der Waals surface area contributed by atoms with Gasteiger partial charge in [-0.2, -0.15) is 5.10 Å². The number of allylic oxidation sites excluding steroid dienone is 1. The third-order valence-corrected chi connectivity index (χ3v) is 5.02. The molecule has 0 aliphatic rings. The molecule has 0 radical (unpaired) electrons. The Morgan fingerprint density at radius 3 is 2.72 bits per heavy atom. The highest BCUT2D eigenvalue weighted by molar-refractivity contribution is 6.42. The fourth-order valence-corrected chi connectivity index (χ4v) is 3.13. The molecular weight excluding hydrogens is 411 g/mol. The van der Waals surface area contributed by atoms with Crippen LogP contribution in [-0.4, -0.2) is 22.7 Å². The molecular formula is C22H20Cl2N2O3. The molecule has 0 bridgehead atoms. The van der Waals surface area contributed by atoms with Crippen molar-refractivity contribution in [1.29, 1.82) is 0 Å². The van der Waals surface area contributed by atoms with Crippen LogP contribution in [-0.2, 0) is 13.2 Å². The summed E-state index contributed by atoms with van der Waals surface area (Å²) in [6.45, 7) is 2.83. The smallest absolute Gasteiger partial charge is 0.203 e. The number of aryl methyl sites for hydroxylation is 1. The van der Waals surface area contributed by atoms with Gasteiger partial charge in [0.25, 0.3) is 0 Å². The normalized spacial score (nSPS) is 11.0. The second-order valence-corrected chi connectivity index (χ2v) is 6.96. The Labute approximate surface area is 179 Å². The Hall–Kier alpha value is -2.76. The lowest BCUT2D eigenvalue weighted by Gasteiger charge is -2.14. The van der Waals surface area contributed by atoms with Gasteiger partial charge in [0, 0.05) is 18.3 Å². The average molecular weight is 431 g/mol. The van der Waals surface area contributed by atoms with Crippen LogP contribution in [0.4, 0.5) is 0 Å². The zero-order valence-corrected chi connectivity index (χ0v) is 17.6. The van der Waals surface area contributed by atoms with Gasteiger partial charge in [-0.05, 0) is 48.9 Å². The van der Waals surface area contributed by atoms with Crippen LogP contribution in [0.15, 0.2) is 54.7 Å². The van der Waals surface area contributed by atoms with Crippen molar-refractivity contribution in [3.8, 4) is 11.5 Å². The number of ether oxygens (including phenoxy) is 2. The van der Waals surface area contributed by atoms with E-state index in [-0.39, 0.29) is 12.4 Å². The van der Waals surface area contributed by atoms with Crippen molar-refractivity contribution in [3.05, 3.63) is 81.6 Å². The fourth-order valence-electron chi connectivity index (χ4n) is 2.81. The molecule has 3 aromatic rings. The Morgan fingerprint density at radius 2 is 2.00 bits per heavy atom. The molecule has 0 aliphatic carbocycles. The van der Waals surface area contributed by atoms with Crippen molar-refractivity contribution >= 4 is 35.1 Å². The van der Waals surface area contributed by atoms with E-state index >= 15 is 0 Å². The molecule has 0 saturated heterocycles. The van der Waals surface area contributed by atoms with E-state index < -0.39 is 0 Å². The van der Waals surface area contributed by atoms with Crippen molar-refractivity contribution in [3.63, 3.8) is 0 Å². The number of hydrogen-bond donors (Lipinski definition) is 0. The third-order valence-electron chi connectivity index (χ3n) is 4.28. The summed E-state index contributed by atoms with van der Waals surface area (Å²) in [5.74, 6) is 0.968. The Bertz CT molecular complexity index is 1040. The number of aromatic nitrogens is 2. The van der Waals surface area contributed by atoms with Crippen molar-refractivity contribution in [2.45, 2.75) is 20.1 Å². The number of ketones is 1. The number of benzene rings is 2. The van der Waals surface area contributed by atoms with E-state index in [4.69, 9.17) is 32.7 Å². The van der Waals surface area contributed by atoms with Crippen LogP contribution >= 0.6 is 23.2 Å². The maximum Gasteiger partial charge on any atom is 0.203 e. The largest absolute Gasteiger partial charge is 0.493 e. The highest BCUT2D eigenvalue weighted by Gasteiger charge is 2.12. The molecule has 0 unspecified atom stereocenters. The molecule has 5 nitrogen and oxygen atoms in total. The number of para-hydroxylation sites is 1. The highest BCUT2D eigenvalue weighted by Crippen LogP contribution is 2.33. The lowest BCUT2D eigenvalue weighted by molar-refractivity contribution is 0.103. The molecule has 1 aromatic heterocycles. The number of hydrogen-bond acceptors (Lipinski definition) is 4. The molecule has 0 spiro atoms.